The van der Waals surface area contributed by atoms with Gasteiger partial charge in [-0.3, -0.25) is 4.79 Å². The van der Waals surface area contributed by atoms with Gasteiger partial charge in [0.25, 0.3) is 0 Å². The number of thiocarbonyl (C=S) groups is 1. The van der Waals surface area contributed by atoms with Gasteiger partial charge in [-0.05, 0) is 18.1 Å². The first-order valence-corrected chi connectivity index (χ1v) is 6.79. The highest BCUT2D eigenvalue weighted by molar-refractivity contribution is 8.24. The Kier molecular flexibility index (Phi) is 4.39. The van der Waals surface area contributed by atoms with Crippen LogP contribution >= 0.6 is 24.0 Å². The molecule has 2 rings (SSSR count). The second kappa shape index (κ2) is 6.03. The molecule has 2 N–H and O–H groups in total. The van der Waals surface area contributed by atoms with Gasteiger partial charge >= 0.3 is 5.97 Å². The Hall–Kier alpha value is -1.60. The molecule has 0 aromatic heterocycles. The van der Waals surface area contributed by atoms with E-state index in [1.165, 1.54) is 11.8 Å². The van der Waals surface area contributed by atoms with Crippen LogP contribution in [0.3, 0.4) is 0 Å². The Balaban J connectivity index is 2.09. The van der Waals surface area contributed by atoms with E-state index in [9.17, 15) is 9.59 Å². The molecule has 1 aromatic rings. The number of benzene rings is 1. The van der Waals surface area contributed by atoms with Crippen molar-refractivity contribution in [3.05, 3.63) is 29.8 Å². The molecule has 0 bridgehead atoms. The number of para-hydroxylation sites is 1. The van der Waals surface area contributed by atoms with Crippen LogP contribution in [-0.4, -0.2) is 33.2 Å². The normalized spacial score (nSPS) is 18.2. The van der Waals surface area contributed by atoms with E-state index >= 15 is 0 Å². The minimum Gasteiger partial charge on any atom is -0.482 e. The summed E-state index contributed by atoms with van der Waals surface area (Å²) < 4.78 is 5.67. The number of carboxylic acid groups (broad SMARTS) is 1. The minimum atomic E-state index is -1.04. The third-order valence-corrected chi connectivity index (χ3v) is 3.87. The Bertz CT molecular complexity index is 532. The van der Waals surface area contributed by atoms with E-state index in [0.29, 0.717) is 16.5 Å². The number of carboxylic acids is 1. The molecular formula is C12H11NO4S2. The quantitative estimate of drug-likeness (QED) is 0.796. The highest BCUT2D eigenvalue weighted by Gasteiger charge is 2.29. The second-order valence-electron chi connectivity index (χ2n) is 3.88. The average molecular weight is 297 g/mol. The molecule has 1 heterocycles. The van der Waals surface area contributed by atoms with Crippen LogP contribution in [0, 0.1) is 0 Å². The van der Waals surface area contributed by atoms with E-state index in [0.717, 1.165) is 5.56 Å². The van der Waals surface area contributed by atoms with Crippen molar-refractivity contribution in [1.82, 2.24) is 5.32 Å². The molecule has 0 aliphatic carbocycles. The van der Waals surface area contributed by atoms with Crippen molar-refractivity contribution in [3.63, 3.8) is 0 Å². The number of carbonyl (C=O) groups is 2. The third kappa shape index (κ3) is 3.68. The first-order valence-electron chi connectivity index (χ1n) is 5.50. The Morgan fingerprint density at radius 3 is 2.84 bits per heavy atom. The van der Waals surface area contributed by atoms with Gasteiger partial charge in [0.15, 0.2) is 6.61 Å². The summed E-state index contributed by atoms with van der Waals surface area (Å²) in [6.07, 6.45) is 0.451. The first-order chi connectivity index (χ1) is 9.06. The number of ether oxygens (including phenoxy) is 1. The van der Waals surface area contributed by atoms with Crippen molar-refractivity contribution in [3.8, 4) is 5.75 Å². The molecule has 5 nitrogen and oxygen atoms in total. The van der Waals surface area contributed by atoms with Crippen molar-refractivity contribution in [2.45, 2.75) is 11.7 Å². The van der Waals surface area contributed by atoms with E-state index in [-0.39, 0.29) is 11.2 Å². The molecule has 19 heavy (non-hydrogen) atoms. The molecule has 1 atom stereocenters. The first kappa shape index (κ1) is 13.8. The van der Waals surface area contributed by atoms with Crippen LogP contribution in [0.5, 0.6) is 5.75 Å². The molecule has 1 fully saturated rings. The van der Waals surface area contributed by atoms with Gasteiger partial charge in [0.1, 0.15) is 10.1 Å². The van der Waals surface area contributed by atoms with Crippen molar-refractivity contribution in [2.75, 3.05) is 6.61 Å². The Morgan fingerprint density at radius 2 is 2.21 bits per heavy atom. The zero-order valence-electron chi connectivity index (χ0n) is 9.79. The van der Waals surface area contributed by atoms with Gasteiger partial charge < -0.3 is 15.2 Å². The van der Waals surface area contributed by atoms with Crippen LogP contribution in [0.1, 0.15) is 5.56 Å². The largest absolute Gasteiger partial charge is 0.482 e. The lowest BCUT2D eigenvalue weighted by atomic mass is 10.1. The van der Waals surface area contributed by atoms with Gasteiger partial charge in [-0.25, -0.2) is 4.79 Å². The summed E-state index contributed by atoms with van der Waals surface area (Å²) in [6, 6.07) is 7.08. The maximum Gasteiger partial charge on any atom is 0.341 e. The maximum absolute atomic E-state index is 11.6. The summed E-state index contributed by atoms with van der Waals surface area (Å²) in [5.74, 6) is -0.678. The molecule has 1 saturated heterocycles. The van der Waals surface area contributed by atoms with Gasteiger partial charge in [-0.1, -0.05) is 42.2 Å². The van der Waals surface area contributed by atoms with Crippen molar-refractivity contribution < 1.29 is 19.4 Å². The van der Waals surface area contributed by atoms with Gasteiger partial charge in [0, 0.05) is 0 Å². The second-order valence-corrected chi connectivity index (χ2v) is 5.76. The zero-order valence-corrected chi connectivity index (χ0v) is 11.4. The molecule has 1 aliphatic heterocycles. The molecule has 1 amide bonds. The van der Waals surface area contributed by atoms with E-state index < -0.39 is 12.6 Å². The number of nitrogens with one attached hydrogen (secondary N) is 1. The highest BCUT2D eigenvalue weighted by Crippen LogP contribution is 2.27. The third-order valence-electron chi connectivity index (χ3n) is 2.50. The van der Waals surface area contributed by atoms with Crippen molar-refractivity contribution >= 4 is 40.2 Å². The zero-order chi connectivity index (χ0) is 13.8. The van der Waals surface area contributed by atoms with Crippen LogP contribution in [0.4, 0.5) is 0 Å². The predicted molar refractivity (Wildman–Crippen MR) is 75.4 cm³/mol. The van der Waals surface area contributed by atoms with Crippen LogP contribution in [-0.2, 0) is 16.0 Å². The lowest BCUT2D eigenvalue weighted by molar-refractivity contribution is -0.139. The number of hydrogen-bond acceptors (Lipinski definition) is 5. The fraction of sp³-hybridized carbons (Fsp3) is 0.250. The smallest absolute Gasteiger partial charge is 0.341 e. The standard InChI is InChI=1S/C12H11NO4S2/c14-10(15)6-17-8-4-2-1-3-7(8)5-9-11(16)13-12(18)19-9/h1-4,9H,5-6H2,(H,14,15)(H,13,16,18). The number of thioether (sulfide) groups is 1. The van der Waals surface area contributed by atoms with E-state index in [2.05, 4.69) is 5.32 Å². The molecule has 1 aliphatic rings. The van der Waals surface area contributed by atoms with Crippen LogP contribution in [0.15, 0.2) is 24.3 Å². The fourth-order valence-electron chi connectivity index (χ4n) is 1.68. The number of carbonyl (C=O) groups excluding carboxylic acids is 1. The molecule has 1 unspecified atom stereocenters. The topological polar surface area (TPSA) is 75.6 Å². The Morgan fingerprint density at radius 1 is 1.47 bits per heavy atom. The molecule has 0 radical (unpaired) electrons. The molecule has 1 aromatic carbocycles. The summed E-state index contributed by atoms with van der Waals surface area (Å²) in [6.45, 7) is -0.403. The minimum absolute atomic E-state index is 0.122. The van der Waals surface area contributed by atoms with Gasteiger partial charge in [-0.15, -0.1) is 0 Å². The number of rotatable bonds is 5. The summed E-state index contributed by atoms with van der Waals surface area (Å²) >= 11 is 6.23. The van der Waals surface area contributed by atoms with E-state index in [1.807, 2.05) is 12.1 Å². The van der Waals surface area contributed by atoms with Crippen LogP contribution < -0.4 is 10.1 Å². The van der Waals surface area contributed by atoms with Crippen LogP contribution in [0.25, 0.3) is 0 Å². The number of hydrogen-bond donors (Lipinski definition) is 2. The molecule has 0 spiro atoms. The summed E-state index contributed by atoms with van der Waals surface area (Å²) in [5.41, 5.74) is 0.793. The van der Waals surface area contributed by atoms with Crippen molar-refractivity contribution in [1.29, 1.82) is 0 Å². The lowest BCUT2D eigenvalue weighted by Gasteiger charge is -2.11. The lowest BCUT2D eigenvalue weighted by Crippen LogP contribution is -2.25. The molecule has 0 saturated carbocycles. The summed E-state index contributed by atoms with van der Waals surface area (Å²) in [5, 5.41) is 10.9. The molecule has 100 valence electrons. The fourth-order valence-corrected chi connectivity index (χ4v) is 2.98. The number of amides is 1. The van der Waals surface area contributed by atoms with E-state index in [1.54, 1.807) is 12.1 Å². The van der Waals surface area contributed by atoms with Crippen LogP contribution in [0.2, 0.25) is 0 Å². The molecule has 7 heteroatoms. The van der Waals surface area contributed by atoms with E-state index in [4.69, 9.17) is 22.1 Å². The number of aliphatic carboxylic acids is 1. The van der Waals surface area contributed by atoms with Gasteiger partial charge in [0.2, 0.25) is 5.91 Å². The summed E-state index contributed by atoms with van der Waals surface area (Å²) in [7, 11) is 0. The van der Waals surface area contributed by atoms with Crippen molar-refractivity contribution in [2.24, 2.45) is 0 Å². The maximum atomic E-state index is 11.6. The molecular weight excluding hydrogens is 286 g/mol. The van der Waals surface area contributed by atoms with Gasteiger partial charge in [-0.2, -0.15) is 0 Å². The predicted octanol–water partition coefficient (Wildman–Crippen LogP) is 1.21. The highest BCUT2D eigenvalue weighted by atomic mass is 32.2. The monoisotopic (exact) mass is 297 g/mol. The summed E-state index contributed by atoms with van der Waals surface area (Å²) in [4.78, 5) is 22.1. The van der Waals surface area contributed by atoms with Gasteiger partial charge in [0.05, 0.1) is 5.25 Å². The SMILES string of the molecule is O=C(O)COc1ccccc1CC1SC(=S)NC1=O. The Labute approximate surface area is 119 Å². The average Bonchev–Trinajstić information content (AvgIpc) is 2.67.